The predicted octanol–water partition coefficient (Wildman–Crippen LogP) is 1.46. The van der Waals surface area contributed by atoms with Gasteiger partial charge in [0, 0.05) is 19.1 Å². The highest BCUT2D eigenvalue weighted by atomic mass is 15.2. The Morgan fingerprint density at radius 2 is 1.71 bits per heavy atom. The Morgan fingerprint density at radius 3 is 2.14 bits per heavy atom. The van der Waals surface area contributed by atoms with Crippen molar-refractivity contribution in [3.63, 3.8) is 0 Å². The van der Waals surface area contributed by atoms with E-state index < -0.39 is 0 Å². The SMILES string of the molecule is NC1CCN(CC(C2CC2)C2CC2)C1. The maximum absolute atomic E-state index is 5.94. The summed E-state index contributed by atoms with van der Waals surface area (Å²) in [5.74, 6) is 3.24. The molecule has 3 fully saturated rings. The first-order valence-corrected chi connectivity index (χ1v) is 6.31. The van der Waals surface area contributed by atoms with Crippen LogP contribution < -0.4 is 5.73 Å². The molecule has 2 heteroatoms. The first-order valence-electron chi connectivity index (χ1n) is 6.31. The van der Waals surface area contributed by atoms with Gasteiger partial charge in [0.25, 0.3) is 0 Å². The Balaban J connectivity index is 1.53. The highest BCUT2D eigenvalue weighted by Crippen LogP contribution is 2.49. The van der Waals surface area contributed by atoms with E-state index in [4.69, 9.17) is 5.73 Å². The van der Waals surface area contributed by atoms with Crippen molar-refractivity contribution in [3.05, 3.63) is 0 Å². The minimum atomic E-state index is 0.467. The average Bonchev–Trinajstić information content (AvgIpc) is 3.04. The summed E-state index contributed by atoms with van der Waals surface area (Å²) in [4.78, 5) is 2.62. The van der Waals surface area contributed by atoms with Crippen LogP contribution in [0.15, 0.2) is 0 Å². The van der Waals surface area contributed by atoms with Gasteiger partial charge in [0.2, 0.25) is 0 Å². The van der Waals surface area contributed by atoms with Gasteiger partial charge >= 0.3 is 0 Å². The molecule has 3 rings (SSSR count). The second kappa shape index (κ2) is 3.49. The van der Waals surface area contributed by atoms with Crippen LogP contribution in [0.1, 0.15) is 32.1 Å². The van der Waals surface area contributed by atoms with Crippen LogP contribution >= 0.6 is 0 Å². The standard InChI is InChI=1S/C12H22N2/c13-11-5-6-14(7-11)8-12(9-1-2-9)10-3-4-10/h9-12H,1-8,13H2. The zero-order valence-electron chi connectivity index (χ0n) is 8.99. The number of rotatable bonds is 4. The third-order valence-electron chi connectivity index (χ3n) is 4.23. The van der Waals surface area contributed by atoms with Crippen molar-refractivity contribution in [2.45, 2.75) is 38.1 Å². The molecule has 2 nitrogen and oxygen atoms in total. The smallest absolute Gasteiger partial charge is 0.0180 e. The summed E-state index contributed by atoms with van der Waals surface area (Å²) in [6.07, 6.45) is 7.28. The molecule has 0 bridgehead atoms. The molecule has 2 saturated carbocycles. The van der Waals surface area contributed by atoms with Crippen LogP contribution in [0.2, 0.25) is 0 Å². The van der Waals surface area contributed by atoms with Gasteiger partial charge in [-0.2, -0.15) is 0 Å². The topological polar surface area (TPSA) is 29.3 Å². The van der Waals surface area contributed by atoms with E-state index in [0.29, 0.717) is 6.04 Å². The minimum Gasteiger partial charge on any atom is -0.326 e. The van der Waals surface area contributed by atoms with Gasteiger partial charge in [0.1, 0.15) is 0 Å². The average molecular weight is 194 g/mol. The molecule has 0 aromatic carbocycles. The fraction of sp³-hybridized carbons (Fsp3) is 1.00. The molecule has 3 aliphatic rings. The van der Waals surface area contributed by atoms with E-state index in [9.17, 15) is 0 Å². The lowest BCUT2D eigenvalue weighted by Crippen LogP contribution is -2.32. The van der Waals surface area contributed by atoms with E-state index >= 15 is 0 Å². The van der Waals surface area contributed by atoms with Gasteiger partial charge in [-0.05, 0) is 56.4 Å². The van der Waals surface area contributed by atoms with E-state index in [1.165, 1.54) is 45.2 Å². The summed E-state index contributed by atoms with van der Waals surface area (Å²) in [6, 6.07) is 0.467. The van der Waals surface area contributed by atoms with Crippen molar-refractivity contribution < 1.29 is 0 Å². The molecule has 0 aromatic heterocycles. The number of hydrogen-bond donors (Lipinski definition) is 1. The first-order chi connectivity index (χ1) is 6.83. The Bertz CT molecular complexity index is 196. The number of nitrogens with two attached hydrogens (primary N) is 1. The molecule has 0 radical (unpaired) electrons. The second-order valence-electron chi connectivity index (χ2n) is 5.65. The summed E-state index contributed by atoms with van der Waals surface area (Å²) in [5.41, 5.74) is 5.94. The second-order valence-corrected chi connectivity index (χ2v) is 5.65. The molecular formula is C12H22N2. The van der Waals surface area contributed by atoms with Crippen molar-refractivity contribution in [2.75, 3.05) is 19.6 Å². The third-order valence-corrected chi connectivity index (χ3v) is 4.23. The summed E-state index contributed by atoms with van der Waals surface area (Å²) >= 11 is 0. The Kier molecular flexibility index (Phi) is 2.29. The fourth-order valence-electron chi connectivity index (χ4n) is 3.06. The van der Waals surface area contributed by atoms with E-state index in [1.807, 2.05) is 0 Å². The Hall–Kier alpha value is -0.0800. The summed E-state index contributed by atoms with van der Waals surface area (Å²) in [7, 11) is 0. The number of nitrogens with zero attached hydrogens (tertiary/aromatic N) is 1. The molecule has 1 unspecified atom stereocenters. The van der Waals surface area contributed by atoms with Gasteiger partial charge in [-0.15, -0.1) is 0 Å². The lowest BCUT2D eigenvalue weighted by molar-refractivity contribution is 0.237. The van der Waals surface area contributed by atoms with Crippen LogP contribution in [-0.4, -0.2) is 30.6 Å². The molecule has 80 valence electrons. The van der Waals surface area contributed by atoms with Crippen molar-refractivity contribution in [2.24, 2.45) is 23.5 Å². The Labute approximate surface area is 86.8 Å². The molecule has 2 N–H and O–H groups in total. The van der Waals surface area contributed by atoms with E-state index in [2.05, 4.69) is 4.90 Å². The molecule has 2 aliphatic carbocycles. The van der Waals surface area contributed by atoms with Gasteiger partial charge in [-0.1, -0.05) is 0 Å². The molecule has 1 atom stereocenters. The van der Waals surface area contributed by atoms with Gasteiger partial charge < -0.3 is 10.6 Å². The maximum Gasteiger partial charge on any atom is 0.0180 e. The lowest BCUT2D eigenvalue weighted by Gasteiger charge is -2.23. The summed E-state index contributed by atoms with van der Waals surface area (Å²) in [6.45, 7) is 3.79. The first kappa shape index (κ1) is 9.17. The van der Waals surface area contributed by atoms with Gasteiger partial charge in [0.05, 0.1) is 0 Å². The van der Waals surface area contributed by atoms with Gasteiger partial charge in [-0.3, -0.25) is 0 Å². The Morgan fingerprint density at radius 1 is 1.07 bits per heavy atom. The van der Waals surface area contributed by atoms with Crippen LogP contribution in [0.3, 0.4) is 0 Å². The molecule has 1 saturated heterocycles. The normalized spacial score (nSPS) is 34.3. The molecule has 14 heavy (non-hydrogen) atoms. The van der Waals surface area contributed by atoms with E-state index in [0.717, 1.165) is 24.3 Å². The monoisotopic (exact) mass is 194 g/mol. The van der Waals surface area contributed by atoms with Crippen LogP contribution in [0.25, 0.3) is 0 Å². The molecule has 0 amide bonds. The highest BCUT2D eigenvalue weighted by molar-refractivity contribution is 4.94. The maximum atomic E-state index is 5.94. The quantitative estimate of drug-likeness (QED) is 0.734. The van der Waals surface area contributed by atoms with E-state index in [-0.39, 0.29) is 0 Å². The van der Waals surface area contributed by atoms with Crippen molar-refractivity contribution in [1.29, 1.82) is 0 Å². The third kappa shape index (κ3) is 1.96. The summed E-state index contributed by atoms with van der Waals surface area (Å²) in [5, 5.41) is 0. The molecule has 1 heterocycles. The minimum absolute atomic E-state index is 0.467. The van der Waals surface area contributed by atoms with Crippen molar-refractivity contribution >= 4 is 0 Å². The van der Waals surface area contributed by atoms with Gasteiger partial charge in [0.15, 0.2) is 0 Å². The van der Waals surface area contributed by atoms with Crippen LogP contribution in [0, 0.1) is 17.8 Å². The number of likely N-dealkylation sites (tertiary alicyclic amines) is 1. The fourth-order valence-corrected chi connectivity index (χ4v) is 3.06. The van der Waals surface area contributed by atoms with Crippen LogP contribution in [0.4, 0.5) is 0 Å². The predicted molar refractivity (Wildman–Crippen MR) is 58.0 cm³/mol. The zero-order chi connectivity index (χ0) is 9.54. The van der Waals surface area contributed by atoms with Crippen LogP contribution in [0.5, 0.6) is 0 Å². The molecule has 1 aliphatic heterocycles. The molecule has 0 spiro atoms. The van der Waals surface area contributed by atoms with Crippen molar-refractivity contribution in [3.8, 4) is 0 Å². The largest absolute Gasteiger partial charge is 0.326 e. The lowest BCUT2D eigenvalue weighted by atomic mass is 9.97. The molecule has 0 aromatic rings. The highest BCUT2D eigenvalue weighted by Gasteiger charge is 2.42. The summed E-state index contributed by atoms with van der Waals surface area (Å²) < 4.78 is 0. The van der Waals surface area contributed by atoms with Crippen molar-refractivity contribution in [1.82, 2.24) is 4.90 Å². The molecular weight excluding hydrogens is 172 g/mol. The number of hydrogen-bond acceptors (Lipinski definition) is 2. The zero-order valence-corrected chi connectivity index (χ0v) is 8.99. The van der Waals surface area contributed by atoms with Crippen LogP contribution in [-0.2, 0) is 0 Å². The van der Waals surface area contributed by atoms with E-state index in [1.54, 1.807) is 0 Å². The van der Waals surface area contributed by atoms with Gasteiger partial charge in [-0.25, -0.2) is 0 Å².